The second-order valence-corrected chi connectivity index (χ2v) is 5.92. The van der Waals surface area contributed by atoms with Gasteiger partial charge in [-0.15, -0.1) is 11.3 Å². The Morgan fingerprint density at radius 3 is 3.11 bits per heavy atom. The van der Waals surface area contributed by atoms with E-state index in [1.165, 1.54) is 41.3 Å². The molecule has 1 heterocycles. The molecule has 0 saturated heterocycles. The van der Waals surface area contributed by atoms with Crippen LogP contribution in [-0.2, 0) is 4.79 Å². The van der Waals surface area contributed by atoms with Gasteiger partial charge in [0.15, 0.2) is 0 Å². The molecule has 1 aromatic carbocycles. The number of thiazole rings is 1. The third kappa shape index (κ3) is 4.22. The highest BCUT2D eigenvalue weighted by atomic mass is 32.2. The van der Waals surface area contributed by atoms with Crippen LogP contribution in [0, 0.1) is 5.82 Å². The van der Waals surface area contributed by atoms with Crippen molar-refractivity contribution in [1.29, 1.82) is 0 Å². The number of rotatable bonds is 5. The summed E-state index contributed by atoms with van der Waals surface area (Å²) in [4.78, 5) is 15.8. The third-order valence-corrected chi connectivity index (χ3v) is 4.20. The summed E-state index contributed by atoms with van der Waals surface area (Å²) in [6, 6.07) is 4.08. The molecule has 0 radical (unpaired) electrons. The monoisotopic (exact) mass is 297 g/mol. The lowest BCUT2D eigenvalue weighted by molar-refractivity contribution is -0.115. The van der Waals surface area contributed by atoms with E-state index in [-0.39, 0.29) is 11.6 Å². The zero-order chi connectivity index (χ0) is 13.7. The Hall–Kier alpha value is -1.60. The highest BCUT2D eigenvalue weighted by Gasteiger charge is 2.08. The molecule has 0 aliphatic rings. The van der Waals surface area contributed by atoms with E-state index >= 15 is 0 Å². The van der Waals surface area contributed by atoms with Gasteiger partial charge in [-0.1, -0.05) is 11.8 Å². The van der Waals surface area contributed by atoms with Crippen LogP contribution in [0.5, 0.6) is 0 Å². The van der Waals surface area contributed by atoms with Crippen LogP contribution in [0.25, 0.3) is 0 Å². The fourth-order valence-electron chi connectivity index (χ4n) is 1.36. The van der Waals surface area contributed by atoms with Crippen LogP contribution in [0.4, 0.5) is 15.8 Å². The van der Waals surface area contributed by atoms with Gasteiger partial charge in [0.05, 0.1) is 5.69 Å². The summed E-state index contributed by atoms with van der Waals surface area (Å²) in [5.74, 6) is -0.132. The summed E-state index contributed by atoms with van der Waals surface area (Å²) in [6.45, 7) is 0. The quantitative estimate of drug-likeness (QED) is 0.657. The van der Waals surface area contributed by atoms with Gasteiger partial charge < -0.3 is 11.1 Å². The van der Waals surface area contributed by atoms with Gasteiger partial charge in [0.1, 0.15) is 10.2 Å². The third-order valence-electron chi connectivity index (χ3n) is 2.23. The number of carbonyl (C=O) groups is 1. The maximum Gasteiger partial charge on any atom is 0.225 e. The molecule has 2 aromatic rings. The molecule has 0 bridgehead atoms. The van der Waals surface area contributed by atoms with Gasteiger partial charge in [0, 0.05) is 29.4 Å². The van der Waals surface area contributed by atoms with Crippen LogP contribution < -0.4 is 11.1 Å². The molecular formula is C12H12FN3OS2. The van der Waals surface area contributed by atoms with Crippen LogP contribution in [0.15, 0.2) is 34.1 Å². The van der Waals surface area contributed by atoms with E-state index in [9.17, 15) is 9.18 Å². The average molecular weight is 297 g/mol. The summed E-state index contributed by atoms with van der Waals surface area (Å²) in [5, 5.41) is 4.39. The van der Waals surface area contributed by atoms with Gasteiger partial charge >= 0.3 is 0 Å². The van der Waals surface area contributed by atoms with Crippen LogP contribution in [0.3, 0.4) is 0 Å². The van der Waals surface area contributed by atoms with Crippen molar-refractivity contribution in [3.05, 3.63) is 35.6 Å². The van der Waals surface area contributed by atoms with Crippen molar-refractivity contribution < 1.29 is 9.18 Å². The second kappa shape index (κ2) is 6.53. The van der Waals surface area contributed by atoms with Crippen molar-refractivity contribution in [2.24, 2.45) is 0 Å². The number of hydrogen-bond donors (Lipinski definition) is 2. The highest BCUT2D eigenvalue weighted by molar-refractivity contribution is 8.01. The molecule has 4 nitrogen and oxygen atoms in total. The van der Waals surface area contributed by atoms with Crippen LogP contribution >= 0.6 is 23.1 Å². The average Bonchev–Trinajstić information content (AvgIpc) is 2.87. The normalized spacial score (nSPS) is 10.4. The minimum Gasteiger partial charge on any atom is -0.399 e. The van der Waals surface area contributed by atoms with E-state index < -0.39 is 5.82 Å². The van der Waals surface area contributed by atoms with Crippen molar-refractivity contribution in [3.63, 3.8) is 0 Å². The number of nitrogens with two attached hydrogens (primary N) is 1. The molecule has 7 heteroatoms. The Labute approximate surface area is 118 Å². The minimum absolute atomic E-state index is 0.115. The maximum atomic E-state index is 13.4. The van der Waals surface area contributed by atoms with Crippen molar-refractivity contribution in [1.82, 2.24) is 4.98 Å². The highest BCUT2D eigenvalue weighted by Crippen LogP contribution is 2.21. The van der Waals surface area contributed by atoms with Crippen LogP contribution in [0.2, 0.25) is 0 Å². The summed E-state index contributed by atoms with van der Waals surface area (Å²) < 4.78 is 14.3. The lowest BCUT2D eigenvalue weighted by Crippen LogP contribution is -2.13. The summed E-state index contributed by atoms with van der Waals surface area (Å²) in [5.41, 5.74) is 6.06. The van der Waals surface area contributed by atoms with E-state index in [1.54, 1.807) is 6.20 Å². The lowest BCUT2D eigenvalue weighted by atomic mass is 10.2. The number of hydrogen-bond acceptors (Lipinski definition) is 5. The predicted molar refractivity (Wildman–Crippen MR) is 76.9 cm³/mol. The first kappa shape index (κ1) is 13.8. The molecule has 1 amide bonds. The summed E-state index contributed by atoms with van der Waals surface area (Å²) >= 11 is 3.03. The Bertz CT molecular complexity index is 560. The van der Waals surface area contributed by atoms with Gasteiger partial charge in [0.25, 0.3) is 0 Å². The van der Waals surface area contributed by atoms with E-state index in [0.717, 1.165) is 4.34 Å². The Balaban J connectivity index is 1.82. The number of halogens is 1. The zero-order valence-electron chi connectivity index (χ0n) is 9.93. The molecule has 0 unspecified atom stereocenters. The first-order valence-corrected chi connectivity index (χ1v) is 7.39. The van der Waals surface area contributed by atoms with Gasteiger partial charge in [-0.25, -0.2) is 9.37 Å². The fourth-order valence-corrected chi connectivity index (χ4v) is 3.01. The zero-order valence-corrected chi connectivity index (χ0v) is 11.6. The number of carbonyl (C=O) groups excluding carboxylic acids is 1. The maximum absolute atomic E-state index is 13.4. The topological polar surface area (TPSA) is 68.0 Å². The summed E-state index contributed by atoms with van der Waals surface area (Å²) in [6.07, 6.45) is 2.01. The number of thioether (sulfide) groups is 1. The molecule has 0 saturated carbocycles. The molecule has 2 rings (SSSR count). The standard InChI is InChI=1S/C12H12FN3OS2/c13-9-2-1-8(14)7-10(9)16-11(17)3-5-18-12-15-4-6-19-12/h1-2,4,6-7H,3,5,14H2,(H,16,17). The molecular weight excluding hydrogens is 285 g/mol. The fraction of sp³-hybridized carbons (Fsp3) is 0.167. The molecule has 100 valence electrons. The van der Waals surface area contributed by atoms with E-state index in [0.29, 0.717) is 17.9 Å². The van der Waals surface area contributed by atoms with E-state index in [2.05, 4.69) is 10.3 Å². The van der Waals surface area contributed by atoms with Gasteiger partial charge in [-0.3, -0.25) is 4.79 Å². The van der Waals surface area contributed by atoms with Gasteiger partial charge in [-0.2, -0.15) is 0 Å². The number of benzene rings is 1. The minimum atomic E-state index is -0.491. The van der Waals surface area contributed by atoms with Gasteiger partial charge in [-0.05, 0) is 18.2 Å². The number of aromatic nitrogens is 1. The largest absolute Gasteiger partial charge is 0.399 e. The molecule has 3 N–H and O–H groups in total. The molecule has 0 aliphatic heterocycles. The van der Waals surface area contributed by atoms with Crippen LogP contribution in [0.1, 0.15) is 6.42 Å². The van der Waals surface area contributed by atoms with E-state index in [4.69, 9.17) is 5.73 Å². The van der Waals surface area contributed by atoms with Crippen molar-refractivity contribution in [2.75, 3.05) is 16.8 Å². The molecule has 0 atom stereocenters. The number of nitrogens with one attached hydrogen (secondary N) is 1. The van der Waals surface area contributed by atoms with E-state index in [1.807, 2.05) is 5.38 Å². The molecule has 0 spiro atoms. The number of anilines is 2. The first-order chi connectivity index (χ1) is 9.15. The molecule has 0 fully saturated rings. The molecule has 0 aliphatic carbocycles. The van der Waals surface area contributed by atoms with Crippen LogP contribution in [-0.4, -0.2) is 16.6 Å². The Kier molecular flexibility index (Phi) is 4.75. The number of nitrogens with zero attached hydrogens (tertiary/aromatic N) is 1. The number of nitrogen functional groups attached to an aromatic ring is 1. The number of amides is 1. The lowest BCUT2D eigenvalue weighted by Gasteiger charge is -2.06. The van der Waals surface area contributed by atoms with Gasteiger partial charge in [0.2, 0.25) is 5.91 Å². The first-order valence-electron chi connectivity index (χ1n) is 5.52. The Morgan fingerprint density at radius 1 is 1.53 bits per heavy atom. The molecule has 19 heavy (non-hydrogen) atoms. The SMILES string of the molecule is Nc1ccc(F)c(NC(=O)CCSc2nccs2)c1. The predicted octanol–water partition coefficient (Wildman–Crippen LogP) is 2.99. The Morgan fingerprint density at radius 2 is 2.37 bits per heavy atom. The second-order valence-electron chi connectivity index (χ2n) is 3.68. The summed E-state index contributed by atoms with van der Waals surface area (Å²) in [7, 11) is 0. The molecule has 1 aromatic heterocycles. The van der Waals surface area contributed by atoms with Crippen molar-refractivity contribution >= 4 is 40.4 Å². The van der Waals surface area contributed by atoms with Crippen molar-refractivity contribution in [3.8, 4) is 0 Å². The smallest absolute Gasteiger partial charge is 0.225 e. The van der Waals surface area contributed by atoms with Crippen molar-refractivity contribution in [2.45, 2.75) is 10.8 Å².